The maximum atomic E-state index is 6.35. The quantitative estimate of drug-likeness (QED) is 0.803. The second-order valence-corrected chi connectivity index (χ2v) is 5.09. The first-order chi connectivity index (χ1) is 7.76. The van der Waals surface area contributed by atoms with Crippen LogP contribution >= 0.6 is 0 Å². The minimum absolute atomic E-state index is 0.361. The maximum Gasteiger partial charge on any atom is 0.0114 e. The largest absolute Gasteiger partial charge is 0.327 e. The Morgan fingerprint density at radius 2 is 1.94 bits per heavy atom. The van der Waals surface area contributed by atoms with Crippen molar-refractivity contribution in [2.24, 2.45) is 11.7 Å². The van der Waals surface area contributed by atoms with Gasteiger partial charge in [0.2, 0.25) is 0 Å². The minimum atomic E-state index is 0.361. The number of fused-ring (bicyclic) bond motifs is 1. The van der Waals surface area contributed by atoms with E-state index in [4.69, 9.17) is 5.73 Å². The third kappa shape index (κ3) is 2.15. The molecule has 0 bridgehead atoms. The fourth-order valence-corrected chi connectivity index (χ4v) is 2.85. The molecule has 2 N–H and O–H groups in total. The minimum Gasteiger partial charge on any atom is -0.327 e. The summed E-state index contributed by atoms with van der Waals surface area (Å²) in [4.78, 5) is 0. The van der Waals surface area contributed by atoms with E-state index in [1.54, 1.807) is 0 Å². The van der Waals surface area contributed by atoms with Crippen LogP contribution in [0.4, 0.5) is 0 Å². The molecule has 1 nitrogen and oxygen atoms in total. The Morgan fingerprint density at radius 1 is 1.25 bits per heavy atom. The summed E-state index contributed by atoms with van der Waals surface area (Å²) in [6.45, 7) is 4.55. The van der Waals surface area contributed by atoms with E-state index in [0.717, 1.165) is 5.92 Å². The van der Waals surface area contributed by atoms with Crippen molar-refractivity contribution in [3.05, 3.63) is 35.4 Å². The number of rotatable bonds is 5. The van der Waals surface area contributed by atoms with E-state index in [1.165, 1.54) is 36.8 Å². The van der Waals surface area contributed by atoms with Crippen molar-refractivity contribution in [3.63, 3.8) is 0 Å². The average molecular weight is 217 g/mol. The maximum absolute atomic E-state index is 6.35. The molecule has 0 saturated heterocycles. The molecular weight excluding hydrogens is 194 g/mol. The predicted molar refractivity (Wildman–Crippen MR) is 69.6 cm³/mol. The highest BCUT2D eigenvalue weighted by molar-refractivity contribution is 5.41. The van der Waals surface area contributed by atoms with Crippen molar-refractivity contribution in [1.82, 2.24) is 0 Å². The monoisotopic (exact) mass is 217 g/mol. The van der Waals surface area contributed by atoms with Gasteiger partial charge in [0.05, 0.1) is 0 Å². The Labute approximate surface area is 99.0 Å². The number of hydrogen-bond donors (Lipinski definition) is 1. The van der Waals surface area contributed by atoms with Gasteiger partial charge in [-0.1, -0.05) is 51.0 Å². The fraction of sp³-hybridized carbons (Fsp3) is 0.600. The first-order valence-electron chi connectivity index (χ1n) is 6.59. The molecule has 1 aromatic carbocycles. The molecule has 0 radical (unpaired) electrons. The zero-order valence-corrected chi connectivity index (χ0v) is 10.4. The van der Waals surface area contributed by atoms with Gasteiger partial charge in [0.1, 0.15) is 0 Å². The van der Waals surface area contributed by atoms with E-state index in [9.17, 15) is 0 Å². The SMILES string of the molecule is CCC(CC)CC(N)C1Cc2ccccc21. The van der Waals surface area contributed by atoms with Gasteiger partial charge in [-0.3, -0.25) is 0 Å². The van der Waals surface area contributed by atoms with Gasteiger partial charge in [-0.15, -0.1) is 0 Å². The highest BCUT2D eigenvalue weighted by Gasteiger charge is 2.31. The molecular formula is C15H23N. The van der Waals surface area contributed by atoms with Crippen LogP contribution in [0.1, 0.15) is 50.2 Å². The van der Waals surface area contributed by atoms with Crippen LogP contribution < -0.4 is 5.73 Å². The molecule has 2 unspecified atom stereocenters. The summed E-state index contributed by atoms with van der Waals surface area (Å²) < 4.78 is 0. The van der Waals surface area contributed by atoms with Gasteiger partial charge in [-0.2, -0.15) is 0 Å². The van der Waals surface area contributed by atoms with Gasteiger partial charge in [-0.05, 0) is 29.9 Å². The zero-order chi connectivity index (χ0) is 11.5. The predicted octanol–water partition coefficient (Wildman–Crippen LogP) is 3.48. The second-order valence-electron chi connectivity index (χ2n) is 5.09. The normalized spacial score (nSPS) is 20.4. The molecule has 2 atom stereocenters. The Morgan fingerprint density at radius 3 is 2.56 bits per heavy atom. The molecule has 1 aliphatic carbocycles. The van der Waals surface area contributed by atoms with Crippen molar-refractivity contribution >= 4 is 0 Å². The summed E-state index contributed by atoms with van der Waals surface area (Å²) in [7, 11) is 0. The van der Waals surface area contributed by atoms with E-state index < -0.39 is 0 Å². The molecule has 16 heavy (non-hydrogen) atoms. The first-order valence-corrected chi connectivity index (χ1v) is 6.59. The first kappa shape index (κ1) is 11.7. The van der Waals surface area contributed by atoms with Gasteiger partial charge in [0.25, 0.3) is 0 Å². The summed E-state index contributed by atoms with van der Waals surface area (Å²) >= 11 is 0. The van der Waals surface area contributed by atoms with Crippen LogP contribution in [-0.4, -0.2) is 6.04 Å². The van der Waals surface area contributed by atoms with E-state index in [1.807, 2.05) is 0 Å². The lowest BCUT2D eigenvalue weighted by molar-refractivity contribution is 0.358. The van der Waals surface area contributed by atoms with Crippen LogP contribution in [0.25, 0.3) is 0 Å². The molecule has 88 valence electrons. The molecule has 1 heteroatoms. The molecule has 2 rings (SSSR count). The van der Waals surface area contributed by atoms with Crippen LogP contribution in [-0.2, 0) is 6.42 Å². The molecule has 0 fully saturated rings. The Balaban J connectivity index is 1.96. The molecule has 0 saturated carbocycles. The molecule has 0 spiro atoms. The second kappa shape index (κ2) is 5.01. The van der Waals surface area contributed by atoms with Crippen molar-refractivity contribution in [3.8, 4) is 0 Å². The molecule has 1 aromatic rings. The van der Waals surface area contributed by atoms with Crippen LogP contribution in [0.5, 0.6) is 0 Å². The third-order valence-electron chi connectivity index (χ3n) is 4.17. The molecule has 1 aliphatic rings. The van der Waals surface area contributed by atoms with Gasteiger partial charge in [0, 0.05) is 12.0 Å². The van der Waals surface area contributed by atoms with E-state index in [0.29, 0.717) is 12.0 Å². The van der Waals surface area contributed by atoms with Gasteiger partial charge < -0.3 is 5.73 Å². The number of benzene rings is 1. The van der Waals surface area contributed by atoms with E-state index in [2.05, 4.69) is 38.1 Å². The molecule has 0 amide bonds. The van der Waals surface area contributed by atoms with Gasteiger partial charge >= 0.3 is 0 Å². The summed E-state index contributed by atoms with van der Waals surface area (Å²) in [6, 6.07) is 9.10. The molecule has 0 heterocycles. The number of hydrogen-bond acceptors (Lipinski definition) is 1. The lowest BCUT2D eigenvalue weighted by Crippen LogP contribution is -2.37. The Kier molecular flexibility index (Phi) is 3.65. The van der Waals surface area contributed by atoms with Gasteiger partial charge in [0.15, 0.2) is 0 Å². The Bertz CT molecular complexity index is 341. The standard InChI is InChI=1S/C15H23N/c1-3-11(4-2)9-15(16)14-10-12-7-5-6-8-13(12)14/h5-8,11,14-15H,3-4,9-10,16H2,1-2H3. The summed E-state index contributed by atoms with van der Waals surface area (Å²) in [5.74, 6) is 1.43. The van der Waals surface area contributed by atoms with E-state index in [-0.39, 0.29) is 0 Å². The smallest absolute Gasteiger partial charge is 0.0114 e. The average Bonchev–Trinajstić information content (AvgIpc) is 2.27. The van der Waals surface area contributed by atoms with E-state index >= 15 is 0 Å². The van der Waals surface area contributed by atoms with Gasteiger partial charge in [-0.25, -0.2) is 0 Å². The van der Waals surface area contributed by atoms with Crippen LogP contribution in [0, 0.1) is 5.92 Å². The summed E-state index contributed by atoms with van der Waals surface area (Å²) in [5.41, 5.74) is 9.35. The van der Waals surface area contributed by atoms with Crippen LogP contribution in [0.15, 0.2) is 24.3 Å². The van der Waals surface area contributed by atoms with Crippen LogP contribution in [0.3, 0.4) is 0 Å². The topological polar surface area (TPSA) is 26.0 Å². The van der Waals surface area contributed by atoms with Crippen molar-refractivity contribution in [2.75, 3.05) is 0 Å². The Hall–Kier alpha value is -0.820. The van der Waals surface area contributed by atoms with Crippen molar-refractivity contribution < 1.29 is 0 Å². The lowest BCUT2D eigenvalue weighted by atomic mass is 9.71. The lowest BCUT2D eigenvalue weighted by Gasteiger charge is -2.36. The summed E-state index contributed by atoms with van der Waals surface area (Å²) in [5, 5.41) is 0. The zero-order valence-electron chi connectivity index (χ0n) is 10.4. The molecule has 0 aliphatic heterocycles. The van der Waals surface area contributed by atoms with Crippen LogP contribution in [0.2, 0.25) is 0 Å². The third-order valence-corrected chi connectivity index (χ3v) is 4.17. The highest BCUT2D eigenvalue weighted by Crippen LogP contribution is 2.38. The summed E-state index contributed by atoms with van der Waals surface area (Å²) in [6.07, 6.45) is 4.90. The fourth-order valence-electron chi connectivity index (χ4n) is 2.85. The number of nitrogens with two attached hydrogens (primary N) is 1. The highest BCUT2D eigenvalue weighted by atomic mass is 14.7. The van der Waals surface area contributed by atoms with Crippen molar-refractivity contribution in [2.45, 2.75) is 51.5 Å². The van der Waals surface area contributed by atoms with Crippen molar-refractivity contribution in [1.29, 1.82) is 0 Å². The molecule has 0 aromatic heterocycles.